The summed E-state index contributed by atoms with van der Waals surface area (Å²) in [7, 11) is -2.57. The van der Waals surface area contributed by atoms with Crippen molar-refractivity contribution in [1.29, 1.82) is 0 Å². The molecular formula is C23H19ClN2O5S. The van der Waals surface area contributed by atoms with Crippen LogP contribution < -0.4 is 9.46 Å². The third-order valence-electron chi connectivity index (χ3n) is 5.12. The Bertz CT molecular complexity index is 1270. The molecule has 1 aliphatic rings. The number of nitrogens with one attached hydrogen (secondary N) is 1. The molecule has 0 saturated carbocycles. The highest BCUT2D eigenvalue weighted by molar-refractivity contribution is 7.89. The lowest BCUT2D eigenvalue weighted by Crippen LogP contribution is -2.29. The van der Waals surface area contributed by atoms with Crippen molar-refractivity contribution in [2.24, 2.45) is 0 Å². The lowest BCUT2D eigenvalue weighted by molar-refractivity contribution is 0.0642. The van der Waals surface area contributed by atoms with Crippen molar-refractivity contribution in [2.45, 2.75) is 18.0 Å². The second-order valence-corrected chi connectivity index (χ2v) is 9.35. The molecule has 164 valence electrons. The molecule has 0 atom stereocenters. The number of rotatable bonds is 7. The molecule has 1 N–H and O–H groups in total. The first kappa shape index (κ1) is 22.0. The molecule has 3 aromatic carbocycles. The minimum Gasteiger partial charge on any atom is -0.495 e. The molecule has 0 fully saturated rings. The summed E-state index contributed by atoms with van der Waals surface area (Å²) in [5, 5.41) is 0.555. The van der Waals surface area contributed by atoms with Crippen LogP contribution in [0.2, 0.25) is 5.02 Å². The molecule has 1 aliphatic heterocycles. The van der Waals surface area contributed by atoms with E-state index in [1.165, 1.54) is 19.2 Å². The van der Waals surface area contributed by atoms with Crippen molar-refractivity contribution in [3.8, 4) is 5.75 Å². The SMILES string of the molecule is COc1ccc(CN2C(=O)c3ccccc3C2=O)cc1S(=O)(=O)NCc1ccc(Cl)cc1. The Hall–Kier alpha value is -3.20. The van der Waals surface area contributed by atoms with Gasteiger partial charge in [0.25, 0.3) is 11.8 Å². The number of carbonyl (C=O) groups is 2. The number of amides is 2. The minimum absolute atomic E-state index is 0.0595. The summed E-state index contributed by atoms with van der Waals surface area (Å²) >= 11 is 5.87. The number of halogens is 1. The van der Waals surface area contributed by atoms with Gasteiger partial charge in [-0.2, -0.15) is 0 Å². The van der Waals surface area contributed by atoms with Crippen LogP contribution in [0.1, 0.15) is 31.8 Å². The Balaban J connectivity index is 1.58. The highest BCUT2D eigenvalue weighted by Gasteiger charge is 2.35. The van der Waals surface area contributed by atoms with Gasteiger partial charge in [-0.25, -0.2) is 13.1 Å². The van der Waals surface area contributed by atoms with Gasteiger partial charge in [0.15, 0.2) is 0 Å². The van der Waals surface area contributed by atoms with E-state index in [1.807, 2.05) is 0 Å². The number of nitrogens with zero attached hydrogens (tertiary/aromatic N) is 1. The Morgan fingerprint density at radius 3 is 2.09 bits per heavy atom. The van der Waals surface area contributed by atoms with Gasteiger partial charge < -0.3 is 4.74 Å². The topological polar surface area (TPSA) is 92.8 Å². The quantitative estimate of drug-likeness (QED) is 0.532. The Morgan fingerprint density at radius 2 is 1.50 bits per heavy atom. The molecular weight excluding hydrogens is 452 g/mol. The number of fused-ring (bicyclic) bond motifs is 1. The number of methoxy groups -OCH3 is 1. The molecule has 4 rings (SSSR count). The Morgan fingerprint density at radius 1 is 0.906 bits per heavy atom. The van der Waals surface area contributed by atoms with Gasteiger partial charge in [-0.05, 0) is 47.5 Å². The van der Waals surface area contributed by atoms with Crippen molar-refractivity contribution < 1.29 is 22.7 Å². The van der Waals surface area contributed by atoms with E-state index < -0.39 is 21.8 Å². The number of hydrogen-bond donors (Lipinski definition) is 1. The lowest BCUT2D eigenvalue weighted by atomic mass is 10.1. The van der Waals surface area contributed by atoms with E-state index in [4.69, 9.17) is 16.3 Å². The zero-order valence-electron chi connectivity index (χ0n) is 17.0. The molecule has 0 spiro atoms. The van der Waals surface area contributed by atoms with E-state index in [2.05, 4.69) is 4.72 Å². The second-order valence-electron chi connectivity index (χ2n) is 7.18. The van der Waals surface area contributed by atoms with E-state index in [0.717, 1.165) is 10.5 Å². The van der Waals surface area contributed by atoms with Crippen molar-refractivity contribution >= 4 is 33.4 Å². The first-order valence-electron chi connectivity index (χ1n) is 9.66. The summed E-state index contributed by atoms with van der Waals surface area (Å²) in [6.45, 7) is 0.00133. The van der Waals surface area contributed by atoms with Crippen molar-refractivity contribution in [2.75, 3.05) is 7.11 Å². The minimum atomic E-state index is -3.94. The highest BCUT2D eigenvalue weighted by Crippen LogP contribution is 2.28. The molecule has 0 bridgehead atoms. The standard InChI is InChI=1S/C23H19ClN2O5S/c1-31-20-11-8-16(14-26-22(27)18-4-2-3-5-19(18)23(26)28)12-21(20)32(29,30)25-13-15-6-9-17(24)10-7-15/h2-12,25H,13-14H2,1H3. The molecule has 9 heteroatoms. The number of imide groups is 1. The van der Waals surface area contributed by atoms with Crippen LogP contribution >= 0.6 is 11.6 Å². The van der Waals surface area contributed by atoms with Gasteiger partial charge in [0, 0.05) is 11.6 Å². The normalized spacial score (nSPS) is 13.4. The van der Waals surface area contributed by atoms with Crippen LogP contribution in [0.3, 0.4) is 0 Å². The van der Waals surface area contributed by atoms with E-state index in [-0.39, 0.29) is 23.7 Å². The maximum Gasteiger partial charge on any atom is 0.261 e. The average molecular weight is 471 g/mol. The molecule has 0 aromatic heterocycles. The second kappa shape index (κ2) is 8.74. The third kappa shape index (κ3) is 4.25. The van der Waals surface area contributed by atoms with Crippen LogP contribution in [0.15, 0.2) is 71.6 Å². The third-order valence-corrected chi connectivity index (χ3v) is 6.79. The van der Waals surface area contributed by atoms with Crippen LogP contribution in [-0.4, -0.2) is 32.2 Å². The van der Waals surface area contributed by atoms with Gasteiger partial charge in [0.05, 0.1) is 24.8 Å². The van der Waals surface area contributed by atoms with Gasteiger partial charge in [-0.3, -0.25) is 14.5 Å². The summed E-state index contributed by atoms with van der Waals surface area (Å²) in [6.07, 6.45) is 0. The summed E-state index contributed by atoms with van der Waals surface area (Å²) in [5.41, 5.74) is 1.89. The molecule has 7 nitrogen and oxygen atoms in total. The molecule has 0 radical (unpaired) electrons. The zero-order valence-corrected chi connectivity index (χ0v) is 18.6. The van der Waals surface area contributed by atoms with Gasteiger partial charge in [0.1, 0.15) is 10.6 Å². The van der Waals surface area contributed by atoms with Crippen LogP contribution in [-0.2, 0) is 23.1 Å². The van der Waals surface area contributed by atoms with Gasteiger partial charge in [0.2, 0.25) is 10.0 Å². The molecule has 0 saturated heterocycles. The van der Waals surface area contributed by atoms with E-state index in [9.17, 15) is 18.0 Å². The number of benzene rings is 3. The molecule has 0 aliphatic carbocycles. The number of carbonyl (C=O) groups excluding carboxylic acids is 2. The maximum atomic E-state index is 13.0. The number of hydrogen-bond acceptors (Lipinski definition) is 5. The van der Waals surface area contributed by atoms with E-state index >= 15 is 0 Å². The summed E-state index contributed by atoms with van der Waals surface area (Å²) < 4.78 is 33.7. The molecule has 0 unspecified atom stereocenters. The van der Waals surface area contributed by atoms with Crippen LogP contribution in [0, 0.1) is 0 Å². The fourth-order valence-electron chi connectivity index (χ4n) is 3.45. The fraction of sp³-hybridized carbons (Fsp3) is 0.130. The first-order chi connectivity index (χ1) is 15.3. The van der Waals surface area contributed by atoms with Gasteiger partial charge in [-0.1, -0.05) is 41.9 Å². The first-order valence-corrected chi connectivity index (χ1v) is 11.5. The summed E-state index contributed by atoms with van der Waals surface area (Å²) in [5.74, 6) is -0.668. The lowest BCUT2D eigenvalue weighted by Gasteiger charge is -2.16. The molecule has 32 heavy (non-hydrogen) atoms. The molecule has 1 heterocycles. The molecule has 3 aromatic rings. The largest absolute Gasteiger partial charge is 0.495 e. The van der Waals surface area contributed by atoms with E-state index in [1.54, 1.807) is 54.6 Å². The number of sulfonamides is 1. The predicted octanol–water partition coefficient (Wildman–Crippen LogP) is 3.62. The van der Waals surface area contributed by atoms with Crippen molar-refractivity contribution in [1.82, 2.24) is 9.62 Å². The Labute approximate surface area is 190 Å². The van der Waals surface area contributed by atoms with Crippen LogP contribution in [0.25, 0.3) is 0 Å². The van der Waals surface area contributed by atoms with Crippen LogP contribution in [0.4, 0.5) is 0 Å². The smallest absolute Gasteiger partial charge is 0.261 e. The average Bonchev–Trinajstić information content (AvgIpc) is 3.04. The zero-order chi connectivity index (χ0) is 22.9. The van der Waals surface area contributed by atoms with E-state index in [0.29, 0.717) is 21.7 Å². The monoisotopic (exact) mass is 470 g/mol. The Kier molecular flexibility index (Phi) is 6.01. The fourth-order valence-corrected chi connectivity index (χ4v) is 4.81. The highest BCUT2D eigenvalue weighted by atomic mass is 35.5. The van der Waals surface area contributed by atoms with Crippen molar-refractivity contribution in [3.05, 3.63) is 94.0 Å². The van der Waals surface area contributed by atoms with Gasteiger partial charge in [-0.15, -0.1) is 0 Å². The summed E-state index contributed by atoms with van der Waals surface area (Å²) in [4.78, 5) is 26.3. The predicted molar refractivity (Wildman–Crippen MR) is 119 cm³/mol. The summed E-state index contributed by atoms with van der Waals surface area (Å²) in [6, 6.07) is 17.9. The van der Waals surface area contributed by atoms with Gasteiger partial charge >= 0.3 is 0 Å². The van der Waals surface area contributed by atoms with Crippen molar-refractivity contribution in [3.63, 3.8) is 0 Å². The number of ether oxygens (including phenoxy) is 1. The van der Waals surface area contributed by atoms with Crippen LogP contribution in [0.5, 0.6) is 5.75 Å². The molecule has 2 amide bonds. The maximum absolute atomic E-state index is 13.0.